The number of nitrogens with zero attached hydrogens (tertiary/aromatic N) is 2. The SMILES string of the molecule is C(=N/Nc1ccccn1)/c1ccco1. The second-order valence-corrected chi connectivity index (χ2v) is 2.60. The van der Waals surface area contributed by atoms with Crippen molar-refractivity contribution in [2.24, 2.45) is 5.10 Å². The Morgan fingerprint density at radius 1 is 1.29 bits per heavy atom. The third-order valence-corrected chi connectivity index (χ3v) is 1.58. The molecule has 0 saturated heterocycles. The van der Waals surface area contributed by atoms with Gasteiger partial charge in [0.05, 0.1) is 12.5 Å². The Kier molecular flexibility index (Phi) is 2.56. The van der Waals surface area contributed by atoms with Crippen molar-refractivity contribution in [1.82, 2.24) is 4.98 Å². The quantitative estimate of drug-likeness (QED) is 0.591. The molecular formula is C10H9N3O. The highest BCUT2D eigenvalue weighted by atomic mass is 16.3. The number of rotatable bonds is 3. The lowest BCUT2D eigenvalue weighted by Gasteiger charge is -1.95. The van der Waals surface area contributed by atoms with E-state index in [0.29, 0.717) is 11.6 Å². The smallest absolute Gasteiger partial charge is 0.146 e. The number of hydrogen-bond donors (Lipinski definition) is 1. The molecule has 0 aliphatic carbocycles. The number of hydrogen-bond acceptors (Lipinski definition) is 4. The van der Waals surface area contributed by atoms with Gasteiger partial charge in [-0.15, -0.1) is 0 Å². The van der Waals surface area contributed by atoms with Crippen LogP contribution >= 0.6 is 0 Å². The molecule has 2 heterocycles. The third-order valence-electron chi connectivity index (χ3n) is 1.58. The van der Waals surface area contributed by atoms with Gasteiger partial charge >= 0.3 is 0 Å². The highest BCUT2D eigenvalue weighted by molar-refractivity contribution is 5.76. The zero-order valence-corrected chi connectivity index (χ0v) is 7.42. The second-order valence-electron chi connectivity index (χ2n) is 2.60. The normalized spacial score (nSPS) is 10.6. The van der Waals surface area contributed by atoms with Crippen molar-refractivity contribution in [3.63, 3.8) is 0 Å². The van der Waals surface area contributed by atoms with Gasteiger partial charge in [-0.2, -0.15) is 5.10 Å². The van der Waals surface area contributed by atoms with Crippen LogP contribution in [0, 0.1) is 0 Å². The van der Waals surface area contributed by atoms with Crippen molar-refractivity contribution in [2.45, 2.75) is 0 Å². The van der Waals surface area contributed by atoms with E-state index in [0.717, 1.165) is 0 Å². The van der Waals surface area contributed by atoms with Crippen LogP contribution in [0.1, 0.15) is 5.76 Å². The lowest BCUT2D eigenvalue weighted by atomic mass is 10.5. The van der Waals surface area contributed by atoms with Gasteiger partial charge in [-0.3, -0.25) is 5.43 Å². The molecule has 0 aromatic carbocycles. The van der Waals surface area contributed by atoms with Gasteiger partial charge in [0.15, 0.2) is 0 Å². The lowest BCUT2D eigenvalue weighted by molar-refractivity contribution is 0.560. The summed E-state index contributed by atoms with van der Waals surface area (Å²) in [5, 5.41) is 3.95. The minimum Gasteiger partial charge on any atom is -0.463 e. The van der Waals surface area contributed by atoms with E-state index in [-0.39, 0.29) is 0 Å². The van der Waals surface area contributed by atoms with Crippen molar-refractivity contribution in [3.05, 3.63) is 48.6 Å². The summed E-state index contributed by atoms with van der Waals surface area (Å²) in [7, 11) is 0. The lowest BCUT2D eigenvalue weighted by Crippen LogP contribution is -1.91. The summed E-state index contributed by atoms with van der Waals surface area (Å²) in [6, 6.07) is 9.20. The molecule has 0 amide bonds. The zero-order valence-electron chi connectivity index (χ0n) is 7.42. The first-order valence-electron chi connectivity index (χ1n) is 4.19. The molecule has 70 valence electrons. The van der Waals surface area contributed by atoms with E-state index in [4.69, 9.17) is 4.42 Å². The summed E-state index contributed by atoms with van der Waals surface area (Å²) < 4.78 is 5.06. The predicted octanol–water partition coefficient (Wildman–Crippen LogP) is 2.12. The van der Waals surface area contributed by atoms with Gasteiger partial charge < -0.3 is 4.42 Å². The third kappa shape index (κ3) is 2.20. The van der Waals surface area contributed by atoms with Gasteiger partial charge in [-0.05, 0) is 24.3 Å². The minimum atomic E-state index is 0.702. The van der Waals surface area contributed by atoms with E-state index in [1.165, 1.54) is 0 Å². The first kappa shape index (κ1) is 8.50. The molecule has 0 bridgehead atoms. The number of nitrogens with one attached hydrogen (secondary N) is 1. The predicted molar refractivity (Wildman–Crippen MR) is 54.2 cm³/mol. The van der Waals surface area contributed by atoms with E-state index in [1.807, 2.05) is 30.3 Å². The molecule has 0 saturated carbocycles. The van der Waals surface area contributed by atoms with Gasteiger partial charge in [0.1, 0.15) is 11.6 Å². The summed E-state index contributed by atoms with van der Waals surface area (Å²) in [6.45, 7) is 0. The van der Waals surface area contributed by atoms with Crippen LogP contribution in [-0.4, -0.2) is 11.2 Å². The molecule has 0 radical (unpaired) electrons. The molecule has 0 aliphatic heterocycles. The van der Waals surface area contributed by atoms with Gasteiger partial charge in [-0.1, -0.05) is 6.07 Å². The van der Waals surface area contributed by atoms with Crippen molar-refractivity contribution >= 4 is 12.0 Å². The summed E-state index contributed by atoms with van der Waals surface area (Å²) >= 11 is 0. The maximum atomic E-state index is 5.06. The van der Waals surface area contributed by atoms with Crippen LogP contribution < -0.4 is 5.43 Å². The van der Waals surface area contributed by atoms with E-state index in [2.05, 4.69) is 15.5 Å². The summed E-state index contributed by atoms with van der Waals surface area (Å²) in [5.74, 6) is 1.41. The van der Waals surface area contributed by atoms with Crippen LogP contribution in [0.3, 0.4) is 0 Å². The molecule has 0 atom stereocenters. The standard InChI is InChI=1S/C10H9N3O/c1-2-6-11-10(5-1)13-12-8-9-4-3-7-14-9/h1-8H,(H,11,13)/b12-8-. The molecule has 4 heteroatoms. The highest BCUT2D eigenvalue weighted by Gasteiger charge is 1.88. The largest absolute Gasteiger partial charge is 0.463 e. The van der Waals surface area contributed by atoms with Crippen LogP contribution in [0.15, 0.2) is 52.3 Å². The Hall–Kier alpha value is -2.10. The number of aromatic nitrogens is 1. The first-order valence-corrected chi connectivity index (χ1v) is 4.19. The van der Waals surface area contributed by atoms with E-state index < -0.39 is 0 Å². The van der Waals surface area contributed by atoms with E-state index in [9.17, 15) is 0 Å². The Morgan fingerprint density at radius 3 is 3.00 bits per heavy atom. The van der Waals surface area contributed by atoms with Crippen molar-refractivity contribution in [2.75, 3.05) is 5.43 Å². The van der Waals surface area contributed by atoms with Gasteiger partial charge in [0, 0.05) is 6.20 Å². The Bertz CT molecular complexity index is 395. The maximum absolute atomic E-state index is 5.06. The number of anilines is 1. The topological polar surface area (TPSA) is 50.4 Å². The van der Waals surface area contributed by atoms with Crippen LogP contribution in [0.4, 0.5) is 5.82 Å². The van der Waals surface area contributed by atoms with E-state index >= 15 is 0 Å². The first-order chi connectivity index (χ1) is 6.95. The summed E-state index contributed by atoms with van der Waals surface area (Å²) in [6.07, 6.45) is 4.89. The molecule has 2 rings (SSSR count). The van der Waals surface area contributed by atoms with E-state index in [1.54, 1.807) is 18.7 Å². The molecule has 0 spiro atoms. The van der Waals surface area contributed by atoms with Gasteiger partial charge in [0.25, 0.3) is 0 Å². The van der Waals surface area contributed by atoms with Crippen LogP contribution in [0.25, 0.3) is 0 Å². The van der Waals surface area contributed by atoms with Crippen molar-refractivity contribution < 1.29 is 4.42 Å². The average molecular weight is 187 g/mol. The fraction of sp³-hybridized carbons (Fsp3) is 0. The Morgan fingerprint density at radius 2 is 2.29 bits per heavy atom. The molecule has 1 N–H and O–H groups in total. The molecule has 0 aliphatic rings. The second kappa shape index (κ2) is 4.23. The molecule has 0 unspecified atom stereocenters. The average Bonchev–Trinajstić information content (AvgIpc) is 2.72. The number of furan rings is 1. The Labute approximate surface area is 81.3 Å². The van der Waals surface area contributed by atoms with Crippen LogP contribution in [0.2, 0.25) is 0 Å². The highest BCUT2D eigenvalue weighted by Crippen LogP contribution is 2.00. The fourth-order valence-corrected chi connectivity index (χ4v) is 0.956. The number of pyridine rings is 1. The molecule has 14 heavy (non-hydrogen) atoms. The van der Waals surface area contributed by atoms with Crippen molar-refractivity contribution in [1.29, 1.82) is 0 Å². The Balaban J connectivity index is 1.95. The van der Waals surface area contributed by atoms with Crippen LogP contribution in [0.5, 0.6) is 0 Å². The molecule has 4 nitrogen and oxygen atoms in total. The summed E-state index contributed by atoms with van der Waals surface area (Å²) in [4.78, 5) is 4.04. The summed E-state index contributed by atoms with van der Waals surface area (Å²) in [5.41, 5.74) is 2.78. The van der Waals surface area contributed by atoms with Gasteiger partial charge in [-0.25, -0.2) is 4.98 Å². The molecule has 2 aromatic rings. The fourth-order valence-electron chi connectivity index (χ4n) is 0.956. The van der Waals surface area contributed by atoms with Gasteiger partial charge in [0.2, 0.25) is 0 Å². The molecule has 0 fully saturated rings. The molecule has 2 aromatic heterocycles. The molecular weight excluding hydrogens is 178 g/mol. The maximum Gasteiger partial charge on any atom is 0.146 e. The van der Waals surface area contributed by atoms with Crippen molar-refractivity contribution in [3.8, 4) is 0 Å². The zero-order chi connectivity index (χ0) is 9.64. The number of hydrazone groups is 1. The monoisotopic (exact) mass is 187 g/mol. The minimum absolute atomic E-state index is 0.702. The van der Waals surface area contributed by atoms with Crippen LogP contribution in [-0.2, 0) is 0 Å².